The molecule has 1 aromatic rings. The summed E-state index contributed by atoms with van der Waals surface area (Å²) in [5.74, 6) is 0. The summed E-state index contributed by atoms with van der Waals surface area (Å²) in [6, 6.07) is 7.55. The number of rotatable bonds is 4. The minimum atomic E-state index is -3.34. The lowest BCUT2D eigenvalue weighted by Crippen LogP contribution is -2.29. The highest BCUT2D eigenvalue weighted by Crippen LogP contribution is 2.36. The normalized spacial score (nSPS) is 19.7. The number of anilines is 1. The first-order valence-electron chi connectivity index (χ1n) is 7.50. The first-order chi connectivity index (χ1) is 9.71. The molecule has 0 spiro atoms. The standard InChI is InChI=1S/C16H26N2O2S/c1-16(2)11-9-14(10-12-16)17-13-5-7-15(8-6-13)21(19,20)18(3)4/h5-8,14,17H,9-12H2,1-4H3. The molecule has 4 nitrogen and oxygen atoms in total. The first kappa shape index (κ1) is 16.3. The zero-order valence-corrected chi connectivity index (χ0v) is 14.2. The van der Waals surface area contributed by atoms with Gasteiger partial charge in [-0.1, -0.05) is 13.8 Å². The van der Waals surface area contributed by atoms with Gasteiger partial charge >= 0.3 is 0 Å². The highest BCUT2D eigenvalue weighted by atomic mass is 32.2. The highest BCUT2D eigenvalue weighted by molar-refractivity contribution is 7.89. The van der Waals surface area contributed by atoms with E-state index in [0.717, 1.165) is 5.69 Å². The Morgan fingerprint density at radius 3 is 2.10 bits per heavy atom. The predicted molar refractivity (Wildman–Crippen MR) is 87.0 cm³/mol. The third kappa shape index (κ3) is 3.98. The van der Waals surface area contributed by atoms with Crippen LogP contribution in [0.3, 0.4) is 0 Å². The van der Waals surface area contributed by atoms with Crippen molar-refractivity contribution in [1.82, 2.24) is 4.31 Å². The number of nitrogens with one attached hydrogen (secondary N) is 1. The summed E-state index contributed by atoms with van der Waals surface area (Å²) in [6.07, 6.45) is 4.81. The van der Waals surface area contributed by atoms with Gasteiger partial charge < -0.3 is 5.32 Å². The van der Waals surface area contributed by atoms with E-state index in [9.17, 15) is 8.42 Å². The fraction of sp³-hybridized carbons (Fsp3) is 0.625. The van der Waals surface area contributed by atoms with E-state index in [4.69, 9.17) is 0 Å². The van der Waals surface area contributed by atoms with Crippen LogP contribution in [0.5, 0.6) is 0 Å². The Labute approximate surface area is 128 Å². The van der Waals surface area contributed by atoms with E-state index in [-0.39, 0.29) is 0 Å². The van der Waals surface area contributed by atoms with E-state index < -0.39 is 10.0 Å². The highest BCUT2D eigenvalue weighted by Gasteiger charge is 2.26. The van der Waals surface area contributed by atoms with Crippen molar-refractivity contribution in [3.05, 3.63) is 24.3 Å². The van der Waals surface area contributed by atoms with Crippen LogP contribution in [-0.4, -0.2) is 32.9 Å². The molecule has 1 fully saturated rings. The molecule has 118 valence electrons. The fourth-order valence-corrected chi connectivity index (χ4v) is 3.61. The lowest BCUT2D eigenvalue weighted by Gasteiger charge is -2.35. The van der Waals surface area contributed by atoms with Gasteiger partial charge in [0.15, 0.2) is 0 Å². The van der Waals surface area contributed by atoms with E-state index in [1.54, 1.807) is 26.2 Å². The van der Waals surface area contributed by atoms with Crippen molar-refractivity contribution in [3.63, 3.8) is 0 Å². The van der Waals surface area contributed by atoms with Crippen LogP contribution in [-0.2, 0) is 10.0 Å². The molecule has 1 saturated carbocycles. The smallest absolute Gasteiger partial charge is 0.242 e. The van der Waals surface area contributed by atoms with Crippen LogP contribution in [0.4, 0.5) is 5.69 Å². The van der Waals surface area contributed by atoms with Crippen LogP contribution in [0.1, 0.15) is 39.5 Å². The molecule has 0 atom stereocenters. The SMILES string of the molecule is CN(C)S(=O)(=O)c1ccc(NC2CCC(C)(C)CC2)cc1. The van der Waals surface area contributed by atoms with Crippen LogP contribution >= 0.6 is 0 Å². The van der Waals surface area contributed by atoms with Crippen molar-refractivity contribution < 1.29 is 8.42 Å². The molecular formula is C16H26N2O2S. The second-order valence-corrected chi connectivity index (χ2v) is 9.05. The molecule has 1 aliphatic carbocycles. The van der Waals surface area contributed by atoms with Gasteiger partial charge in [0, 0.05) is 25.8 Å². The topological polar surface area (TPSA) is 49.4 Å². The Kier molecular flexibility index (Phi) is 4.63. The Bertz CT molecular complexity index is 567. The van der Waals surface area contributed by atoms with E-state index >= 15 is 0 Å². The van der Waals surface area contributed by atoms with Gasteiger partial charge in [-0.05, 0) is 55.4 Å². The lowest BCUT2D eigenvalue weighted by atomic mass is 9.75. The van der Waals surface area contributed by atoms with E-state index in [2.05, 4.69) is 19.2 Å². The van der Waals surface area contributed by atoms with Gasteiger partial charge in [-0.3, -0.25) is 0 Å². The van der Waals surface area contributed by atoms with Crippen LogP contribution in [0, 0.1) is 5.41 Å². The molecular weight excluding hydrogens is 284 g/mol. The summed E-state index contributed by atoms with van der Waals surface area (Å²) in [5, 5.41) is 3.52. The summed E-state index contributed by atoms with van der Waals surface area (Å²) < 4.78 is 25.3. The van der Waals surface area contributed by atoms with E-state index in [1.165, 1.54) is 30.0 Å². The molecule has 1 aromatic carbocycles. The van der Waals surface area contributed by atoms with Crippen molar-refractivity contribution in [2.45, 2.75) is 50.5 Å². The van der Waals surface area contributed by atoms with Crippen LogP contribution < -0.4 is 5.32 Å². The largest absolute Gasteiger partial charge is 0.382 e. The van der Waals surface area contributed by atoms with E-state index in [0.29, 0.717) is 16.4 Å². The number of nitrogens with zero attached hydrogens (tertiary/aromatic N) is 1. The molecule has 0 saturated heterocycles. The molecule has 5 heteroatoms. The quantitative estimate of drug-likeness (QED) is 0.928. The van der Waals surface area contributed by atoms with Crippen molar-refractivity contribution in [3.8, 4) is 0 Å². The van der Waals surface area contributed by atoms with Crippen LogP contribution in [0.25, 0.3) is 0 Å². The Morgan fingerprint density at radius 1 is 1.10 bits per heavy atom. The van der Waals surface area contributed by atoms with E-state index in [1.807, 2.05) is 12.1 Å². The zero-order chi connectivity index (χ0) is 15.7. The Hall–Kier alpha value is -1.07. The van der Waals surface area contributed by atoms with Crippen LogP contribution in [0.15, 0.2) is 29.2 Å². The molecule has 0 aromatic heterocycles. The third-order valence-corrected chi connectivity index (χ3v) is 6.17. The maximum atomic E-state index is 12.0. The monoisotopic (exact) mass is 310 g/mol. The van der Waals surface area contributed by atoms with Crippen molar-refractivity contribution >= 4 is 15.7 Å². The Balaban J connectivity index is 2.01. The van der Waals surface area contributed by atoms with Gasteiger partial charge in [-0.15, -0.1) is 0 Å². The average Bonchev–Trinajstić information content (AvgIpc) is 2.42. The van der Waals surface area contributed by atoms with Gasteiger partial charge in [0.1, 0.15) is 0 Å². The number of hydrogen-bond donors (Lipinski definition) is 1. The fourth-order valence-electron chi connectivity index (χ4n) is 2.71. The third-order valence-electron chi connectivity index (χ3n) is 4.34. The minimum absolute atomic E-state index is 0.336. The zero-order valence-electron chi connectivity index (χ0n) is 13.4. The minimum Gasteiger partial charge on any atom is -0.382 e. The van der Waals surface area contributed by atoms with Gasteiger partial charge in [0.25, 0.3) is 0 Å². The maximum absolute atomic E-state index is 12.0. The molecule has 0 bridgehead atoms. The average molecular weight is 310 g/mol. The van der Waals surface area contributed by atoms with Gasteiger partial charge in [-0.2, -0.15) is 0 Å². The van der Waals surface area contributed by atoms with Crippen molar-refractivity contribution in [2.75, 3.05) is 19.4 Å². The predicted octanol–water partition coefficient (Wildman–Crippen LogP) is 3.32. The summed E-state index contributed by atoms with van der Waals surface area (Å²) in [6.45, 7) is 4.65. The summed E-state index contributed by atoms with van der Waals surface area (Å²) >= 11 is 0. The lowest BCUT2D eigenvalue weighted by molar-refractivity contribution is 0.232. The number of benzene rings is 1. The first-order valence-corrected chi connectivity index (χ1v) is 8.94. The van der Waals surface area contributed by atoms with Crippen LogP contribution in [0.2, 0.25) is 0 Å². The second-order valence-electron chi connectivity index (χ2n) is 6.89. The number of hydrogen-bond acceptors (Lipinski definition) is 3. The van der Waals surface area contributed by atoms with Gasteiger partial charge in [0.2, 0.25) is 10.0 Å². The number of sulfonamides is 1. The molecule has 0 unspecified atom stereocenters. The second kappa shape index (κ2) is 5.97. The summed E-state index contributed by atoms with van der Waals surface area (Å²) in [5.41, 5.74) is 1.46. The summed E-state index contributed by atoms with van der Waals surface area (Å²) in [7, 11) is -0.243. The molecule has 2 rings (SSSR count). The molecule has 0 heterocycles. The summed E-state index contributed by atoms with van der Waals surface area (Å²) in [4.78, 5) is 0.336. The Morgan fingerprint density at radius 2 is 1.62 bits per heavy atom. The molecule has 1 N–H and O–H groups in total. The van der Waals surface area contributed by atoms with Crippen molar-refractivity contribution in [2.24, 2.45) is 5.41 Å². The molecule has 0 aliphatic heterocycles. The van der Waals surface area contributed by atoms with Crippen molar-refractivity contribution in [1.29, 1.82) is 0 Å². The molecule has 0 radical (unpaired) electrons. The maximum Gasteiger partial charge on any atom is 0.242 e. The van der Waals surface area contributed by atoms with Gasteiger partial charge in [0.05, 0.1) is 4.90 Å². The molecule has 0 amide bonds. The molecule has 1 aliphatic rings. The molecule has 21 heavy (non-hydrogen) atoms. The van der Waals surface area contributed by atoms with Gasteiger partial charge in [-0.25, -0.2) is 12.7 Å².